The second-order valence-corrected chi connectivity index (χ2v) is 7.33. The lowest BCUT2D eigenvalue weighted by Crippen LogP contribution is -2.50. The molecule has 0 radical (unpaired) electrons. The van der Waals surface area contributed by atoms with Crippen LogP contribution in [0.25, 0.3) is 0 Å². The summed E-state index contributed by atoms with van der Waals surface area (Å²) < 4.78 is 68.6. The Morgan fingerprint density at radius 1 is 1.27 bits per heavy atom. The third-order valence-corrected chi connectivity index (χ3v) is 4.81. The van der Waals surface area contributed by atoms with Gasteiger partial charge in [-0.2, -0.15) is 21.6 Å². The van der Waals surface area contributed by atoms with Crippen molar-refractivity contribution in [2.75, 3.05) is 13.1 Å². The Morgan fingerprint density at radius 2 is 1.86 bits per heavy atom. The van der Waals surface area contributed by atoms with Crippen LogP contribution < -0.4 is 0 Å². The Labute approximate surface area is 128 Å². The van der Waals surface area contributed by atoms with Gasteiger partial charge in [-0.3, -0.25) is 4.90 Å². The van der Waals surface area contributed by atoms with E-state index < -0.39 is 15.6 Å². The molecule has 0 saturated carbocycles. The third kappa shape index (κ3) is 4.14. The molecule has 0 aromatic rings. The zero-order chi connectivity index (χ0) is 16.5. The summed E-state index contributed by atoms with van der Waals surface area (Å²) in [5.41, 5.74) is -5.39. The van der Waals surface area contributed by atoms with Gasteiger partial charge in [0.1, 0.15) is 5.76 Å². The number of rotatable bonds is 3. The molecule has 2 rings (SSSR count). The number of hydrogen-bond donors (Lipinski definition) is 0. The van der Waals surface area contributed by atoms with E-state index in [2.05, 4.69) is 9.08 Å². The van der Waals surface area contributed by atoms with Gasteiger partial charge in [0.25, 0.3) is 0 Å². The van der Waals surface area contributed by atoms with E-state index in [4.69, 9.17) is 4.74 Å². The monoisotopic (exact) mass is 343 g/mol. The first kappa shape index (κ1) is 17.6. The normalized spacial score (nSPS) is 31.7. The maximum atomic E-state index is 12.3. The molecule has 0 bridgehead atoms. The highest BCUT2D eigenvalue weighted by atomic mass is 32.2. The van der Waals surface area contributed by atoms with Gasteiger partial charge < -0.3 is 8.92 Å². The first-order valence-electron chi connectivity index (χ1n) is 7.18. The molecule has 1 heterocycles. The highest BCUT2D eigenvalue weighted by Crippen LogP contribution is 2.31. The fraction of sp³-hybridized carbons (Fsp3) is 0.846. The minimum Gasteiger partial charge on any atom is -0.381 e. The van der Waals surface area contributed by atoms with Crippen molar-refractivity contribution in [2.45, 2.75) is 56.9 Å². The molecule has 1 aliphatic heterocycles. The minimum atomic E-state index is -5.56. The SMILES string of the molecule is CC1CN(C2CC=C(OS(=O)(=O)C(F)(F)F)CC2)CC(C)O1. The zero-order valence-corrected chi connectivity index (χ0v) is 13.3. The van der Waals surface area contributed by atoms with Crippen LogP contribution in [0.1, 0.15) is 33.1 Å². The minimum absolute atomic E-state index is 0.107. The van der Waals surface area contributed by atoms with Crippen molar-refractivity contribution >= 4 is 10.1 Å². The molecule has 0 N–H and O–H groups in total. The molecule has 3 atom stereocenters. The predicted octanol–water partition coefficient (Wildman–Crippen LogP) is 2.40. The van der Waals surface area contributed by atoms with Gasteiger partial charge in [-0.05, 0) is 32.8 Å². The summed E-state index contributed by atoms with van der Waals surface area (Å²) in [6.45, 7) is 5.48. The average molecular weight is 343 g/mol. The van der Waals surface area contributed by atoms with E-state index in [0.29, 0.717) is 12.8 Å². The zero-order valence-electron chi connectivity index (χ0n) is 12.5. The lowest BCUT2D eigenvalue weighted by Gasteiger charge is -2.41. The lowest BCUT2D eigenvalue weighted by molar-refractivity contribution is -0.0817. The van der Waals surface area contributed by atoms with E-state index in [1.54, 1.807) is 0 Å². The molecule has 128 valence electrons. The van der Waals surface area contributed by atoms with Crippen LogP contribution in [0.5, 0.6) is 0 Å². The molecule has 9 heteroatoms. The van der Waals surface area contributed by atoms with Crippen molar-refractivity contribution < 1.29 is 30.5 Å². The van der Waals surface area contributed by atoms with E-state index in [1.807, 2.05) is 13.8 Å². The molecule has 1 aliphatic carbocycles. The van der Waals surface area contributed by atoms with Crippen LogP contribution in [0, 0.1) is 0 Å². The molecule has 1 saturated heterocycles. The predicted molar refractivity (Wildman–Crippen MR) is 73.4 cm³/mol. The van der Waals surface area contributed by atoms with Gasteiger partial charge in [0.2, 0.25) is 0 Å². The van der Waals surface area contributed by atoms with Gasteiger partial charge in [0.05, 0.1) is 12.2 Å². The lowest BCUT2D eigenvalue weighted by atomic mass is 9.97. The van der Waals surface area contributed by atoms with Gasteiger partial charge in [-0.25, -0.2) is 0 Å². The van der Waals surface area contributed by atoms with Crippen LogP contribution in [0.2, 0.25) is 0 Å². The Kier molecular flexibility index (Phi) is 5.08. The van der Waals surface area contributed by atoms with Gasteiger partial charge in [-0.15, -0.1) is 0 Å². The van der Waals surface area contributed by atoms with Crippen LogP contribution in [0.3, 0.4) is 0 Å². The van der Waals surface area contributed by atoms with Crippen LogP contribution in [-0.2, 0) is 19.0 Å². The van der Waals surface area contributed by atoms with Crippen molar-refractivity contribution in [1.29, 1.82) is 0 Å². The van der Waals surface area contributed by atoms with Gasteiger partial charge in [-0.1, -0.05) is 0 Å². The molecular weight excluding hydrogens is 323 g/mol. The smallest absolute Gasteiger partial charge is 0.381 e. The Balaban J connectivity index is 1.95. The Bertz CT molecular complexity index is 522. The van der Waals surface area contributed by atoms with E-state index in [0.717, 1.165) is 13.1 Å². The van der Waals surface area contributed by atoms with Crippen molar-refractivity contribution in [1.82, 2.24) is 4.90 Å². The largest absolute Gasteiger partial charge is 0.534 e. The molecule has 22 heavy (non-hydrogen) atoms. The highest BCUT2D eigenvalue weighted by Gasteiger charge is 2.49. The molecule has 5 nitrogen and oxygen atoms in total. The number of hydrogen-bond acceptors (Lipinski definition) is 5. The van der Waals surface area contributed by atoms with Crippen molar-refractivity contribution in [2.24, 2.45) is 0 Å². The third-order valence-electron chi connectivity index (χ3n) is 3.81. The number of alkyl halides is 3. The quantitative estimate of drug-likeness (QED) is 0.582. The van der Waals surface area contributed by atoms with E-state index in [9.17, 15) is 21.6 Å². The average Bonchev–Trinajstić information content (AvgIpc) is 2.36. The number of ether oxygens (including phenoxy) is 1. The molecule has 3 unspecified atom stereocenters. The standard InChI is InChI=1S/C13H20F3NO4S/c1-9-7-17(8-10(2)20-9)11-3-5-12(6-4-11)21-22(18,19)13(14,15)16/h5,9-11H,3-4,6-8H2,1-2H3. The van der Waals surface area contributed by atoms with Crippen LogP contribution in [0.15, 0.2) is 11.8 Å². The number of allylic oxidation sites excluding steroid dienone is 1. The maximum Gasteiger partial charge on any atom is 0.534 e. The summed E-state index contributed by atoms with van der Waals surface area (Å²) in [7, 11) is -5.56. The number of halogens is 3. The molecule has 0 aromatic carbocycles. The molecular formula is C13H20F3NO4S. The first-order chi connectivity index (χ1) is 10.1. The Hall–Kier alpha value is -0.800. The first-order valence-corrected chi connectivity index (χ1v) is 8.58. The molecule has 0 amide bonds. The molecule has 0 spiro atoms. The van der Waals surface area contributed by atoms with E-state index >= 15 is 0 Å². The number of morpholine rings is 1. The number of nitrogens with zero attached hydrogens (tertiary/aromatic N) is 1. The van der Waals surface area contributed by atoms with Crippen molar-refractivity contribution in [3.05, 3.63) is 11.8 Å². The molecule has 0 aromatic heterocycles. The summed E-state index contributed by atoms with van der Waals surface area (Å²) in [6.07, 6.45) is 2.88. The van der Waals surface area contributed by atoms with Crippen LogP contribution in [-0.4, -0.2) is 50.2 Å². The van der Waals surface area contributed by atoms with Gasteiger partial charge in [0.15, 0.2) is 0 Å². The summed E-state index contributed by atoms with van der Waals surface area (Å²) in [5, 5.41) is 0. The van der Waals surface area contributed by atoms with Gasteiger partial charge >= 0.3 is 15.6 Å². The van der Waals surface area contributed by atoms with E-state index in [-0.39, 0.29) is 30.4 Å². The van der Waals surface area contributed by atoms with Crippen molar-refractivity contribution in [3.63, 3.8) is 0 Å². The topological polar surface area (TPSA) is 55.8 Å². The summed E-state index contributed by atoms with van der Waals surface area (Å²) in [6, 6.07) is 0.176. The molecule has 2 aliphatic rings. The second-order valence-electron chi connectivity index (χ2n) is 5.79. The second kappa shape index (κ2) is 6.37. The Morgan fingerprint density at radius 3 is 2.32 bits per heavy atom. The molecule has 1 fully saturated rings. The van der Waals surface area contributed by atoms with E-state index in [1.165, 1.54) is 6.08 Å². The van der Waals surface area contributed by atoms with Gasteiger partial charge in [0, 0.05) is 25.6 Å². The fourth-order valence-corrected chi connectivity index (χ4v) is 3.44. The maximum absolute atomic E-state index is 12.3. The van der Waals surface area contributed by atoms with Crippen LogP contribution in [0.4, 0.5) is 13.2 Å². The summed E-state index contributed by atoms with van der Waals surface area (Å²) in [4.78, 5) is 2.24. The van der Waals surface area contributed by atoms with Crippen LogP contribution >= 0.6 is 0 Å². The summed E-state index contributed by atoms with van der Waals surface area (Å²) in [5.74, 6) is -0.122. The fourth-order valence-electron chi connectivity index (χ4n) is 2.91. The van der Waals surface area contributed by atoms with Crippen molar-refractivity contribution in [3.8, 4) is 0 Å². The highest BCUT2D eigenvalue weighted by molar-refractivity contribution is 7.87. The summed E-state index contributed by atoms with van der Waals surface area (Å²) >= 11 is 0.